The normalized spacial score (nSPS) is 21.6. The summed E-state index contributed by atoms with van der Waals surface area (Å²) in [4.78, 5) is 18.1. The van der Waals surface area contributed by atoms with Crippen LogP contribution >= 0.6 is 0 Å². The SMILES string of the molecule is CCCn1nccc1C(=O)N1CCC2(CCCCc3ccccc3OCCN(CC3CC3)C2)CC1. The minimum atomic E-state index is 0.152. The molecule has 0 unspecified atom stereocenters. The van der Waals surface area contributed by atoms with Crippen molar-refractivity contribution < 1.29 is 9.53 Å². The van der Waals surface area contributed by atoms with Crippen molar-refractivity contribution in [2.24, 2.45) is 11.3 Å². The Morgan fingerprint density at radius 2 is 1.91 bits per heavy atom. The number of aromatic nitrogens is 2. The molecule has 0 atom stereocenters. The molecule has 2 aromatic rings. The monoisotopic (exact) mass is 478 g/mol. The summed E-state index contributed by atoms with van der Waals surface area (Å²) in [6, 6.07) is 10.5. The van der Waals surface area contributed by atoms with Gasteiger partial charge in [-0.15, -0.1) is 0 Å². The van der Waals surface area contributed by atoms with Crippen LogP contribution in [0.25, 0.3) is 0 Å². The molecule has 35 heavy (non-hydrogen) atoms. The largest absolute Gasteiger partial charge is 0.492 e. The zero-order valence-electron chi connectivity index (χ0n) is 21.5. The van der Waals surface area contributed by atoms with Gasteiger partial charge in [-0.1, -0.05) is 31.5 Å². The Labute approximate surface area is 210 Å². The molecule has 1 aliphatic carbocycles. The van der Waals surface area contributed by atoms with Crippen LogP contribution in [0.4, 0.5) is 0 Å². The molecule has 5 rings (SSSR count). The van der Waals surface area contributed by atoms with Crippen LogP contribution < -0.4 is 4.74 Å². The first-order valence-electron chi connectivity index (χ1n) is 13.9. The van der Waals surface area contributed by atoms with Gasteiger partial charge in [0.25, 0.3) is 5.91 Å². The number of hydrogen-bond acceptors (Lipinski definition) is 4. The number of carbonyl (C=O) groups excluding carboxylic acids is 1. The Bertz CT molecular complexity index is 975. The molecule has 3 heterocycles. The summed E-state index contributed by atoms with van der Waals surface area (Å²) in [6.07, 6.45) is 12.5. The molecule has 2 aliphatic heterocycles. The zero-order valence-corrected chi connectivity index (χ0v) is 21.5. The lowest BCUT2D eigenvalue weighted by molar-refractivity contribution is 0.0361. The second kappa shape index (κ2) is 11.2. The van der Waals surface area contributed by atoms with Crippen molar-refractivity contribution in [2.45, 2.75) is 71.3 Å². The summed E-state index contributed by atoms with van der Waals surface area (Å²) < 4.78 is 8.16. The fourth-order valence-electron chi connectivity index (χ4n) is 6.06. The van der Waals surface area contributed by atoms with Crippen molar-refractivity contribution >= 4 is 5.91 Å². The maximum absolute atomic E-state index is 13.3. The minimum absolute atomic E-state index is 0.152. The molecule has 1 aromatic carbocycles. The Balaban J connectivity index is 1.27. The van der Waals surface area contributed by atoms with Gasteiger partial charge in [-0.25, -0.2) is 0 Å². The maximum atomic E-state index is 13.3. The summed E-state index contributed by atoms with van der Waals surface area (Å²) in [5.74, 6) is 2.09. The number of hydrogen-bond donors (Lipinski definition) is 0. The van der Waals surface area contributed by atoms with Crippen LogP contribution in [0.2, 0.25) is 0 Å². The third-order valence-corrected chi connectivity index (χ3v) is 8.30. The smallest absolute Gasteiger partial charge is 0.272 e. The van der Waals surface area contributed by atoms with Crippen LogP contribution in [0.3, 0.4) is 0 Å². The number of piperidine rings is 1. The summed E-state index contributed by atoms with van der Waals surface area (Å²) in [6.45, 7) is 8.72. The van der Waals surface area contributed by atoms with E-state index in [0.29, 0.717) is 5.41 Å². The van der Waals surface area contributed by atoms with Crippen LogP contribution in [0.5, 0.6) is 5.75 Å². The molecule has 1 spiro atoms. The summed E-state index contributed by atoms with van der Waals surface area (Å²) in [7, 11) is 0. The lowest BCUT2D eigenvalue weighted by Crippen LogP contribution is -2.49. The minimum Gasteiger partial charge on any atom is -0.492 e. The van der Waals surface area contributed by atoms with Gasteiger partial charge in [0.15, 0.2) is 0 Å². The number of carbonyl (C=O) groups is 1. The number of ether oxygens (including phenoxy) is 1. The van der Waals surface area contributed by atoms with E-state index in [2.05, 4.69) is 46.1 Å². The molecule has 1 saturated carbocycles. The van der Waals surface area contributed by atoms with Gasteiger partial charge >= 0.3 is 0 Å². The molecule has 1 saturated heterocycles. The van der Waals surface area contributed by atoms with E-state index >= 15 is 0 Å². The highest BCUT2D eigenvalue weighted by molar-refractivity contribution is 5.92. The topological polar surface area (TPSA) is 50.6 Å². The van der Waals surface area contributed by atoms with E-state index in [-0.39, 0.29) is 5.91 Å². The molecule has 190 valence electrons. The molecule has 0 bridgehead atoms. The van der Waals surface area contributed by atoms with Crippen molar-refractivity contribution in [2.75, 3.05) is 39.3 Å². The molecular formula is C29H42N4O2. The van der Waals surface area contributed by atoms with Gasteiger partial charge < -0.3 is 9.64 Å². The fourth-order valence-corrected chi connectivity index (χ4v) is 6.06. The van der Waals surface area contributed by atoms with Gasteiger partial charge in [0.05, 0.1) is 0 Å². The van der Waals surface area contributed by atoms with Gasteiger partial charge in [0.2, 0.25) is 0 Å². The molecule has 6 heteroatoms. The Hall–Kier alpha value is -2.34. The third-order valence-electron chi connectivity index (χ3n) is 8.30. The number of fused-ring (bicyclic) bond motifs is 1. The summed E-state index contributed by atoms with van der Waals surface area (Å²) in [5, 5.41) is 4.37. The van der Waals surface area contributed by atoms with Gasteiger partial charge in [-0.3, -0.25) is 14.4 Å². The predicted octanol–water partition coefficient (Wildman–Crippen LogP) is 5.03. The number of benzene rings is 1. The van der Waals surface area contributed by atoms with Crippen molar-refractivity contribution in [3.05, 3.63) is 47.8 Å². The number of likely N-dealkylation sites (tertiary alicyclic amines) is 1. The average Bonchev–Trinajstić information content (AvgIpc) is 3.56. The Morgan fingerprint density at radius 3 is 2.71 bits per heavy atom. The highest BCUT2D eigenvalue weighted by Gasteiger charge is 2.38. The van der Waals surface area contributed by atoms with Crippen LogP contribution in [0, 0.1) is 11.3 Å². The number of para-hydroxylation sites is 1. The third kappa shape index (κ3) is 6.08. The van der Waals surface area contributed by atoms with Crippen molar-refractivity contribution in [1.29, 1.82) is 0 Å². The van der Waals surface area contributed by atoms with Crippen LogP contribution in [-0.4, -0.2) is 64.8 Å². The first-order chi connectivity index (χ1) is 17.2. The molecule has 1 amide bonds. The lowest BCUT2D eigenvalue weighted by atomic mass is 9.73. The molecule has 3 aliphatic rings. The number of nitrogens with zero attached hydrogens (tertiary/aromatic N) is 4. The summed E-state index contributed by atoms with van der Waals surface area (Å²) in [5.41, 5.74) is 2.39. The summed E-state index contributed by atoms with van der Waals surface area (Å²) >= 11 is 0. The van der Waals surface area contributed by atoms with E-state index in [0.717, 1.165) is 82.4 Å². The van der Waals surface area contributed by atoms with E-state index in [1.54, 1.807) is 6.20 Å². The maximum Gasteiger partial charge on any atom is 0.272 e. The van der Waals surface area contributed by atoms with Gasteiger partial charge in [0.1, 0.15) is 18.1 Å². The quantitative estimate of drug-likeness (QED) is 0.605. The number of aryl methyl sites for hydroxylation is 2. The zero-order chi connectivity index (χ0) is 24.1. The van der Waals surface area contributed by atoms with Gasteiger partial charge in [-0.2, -0.15) is 5.10 Å². The first-order valence-corrected chi connectivity index (χ1v) is 13.9. The predicted molar refractivity (Wildman–Crippen MR) is 139 cm³/mol. The van der Waals surface area contributed by atoms with E-state index in [4.69, 9.17) is 4.74 Å². The van der Waals surface area contributed by atoms with E-state index < -0.39 is 0 Å². The highest BCUT2D eigenvalue weighted by Crippen LogP contribution is 2.40. The van der Waals surface area contributed by atoms with Crippen molar-refractivity contribution in [1.82, 2.24) is 19.6 Å². The first kappa shape index (κ1) is 24.4. The van der Waals surface area contributed by atoms with Crippen LogP contribution in [-0.2, 0) is 13.0 Å². The Morgan fingerprint density at radius 1 is 1.09 bits per heavy atom. The van der Waals surface area contributed by atoms with E-state index in [1.165, 1.54) is 44.2 Å². The van der Waals surface area contributed by atoms with E-state index in [9.17, 15) is 4.79 Å². The molecule has 0 radical (unpaired) electrons. The molecule has 6 nitrogen and oxygen atoms in total. The average molecular weight is 479 g/mol. The van der Waals surface area contributed by atoms with Gasteiger partial charge in [-0.05, 0) is 80.4 Å². The molecule has 1 aromatic heterocycles. The Kier molecular flexibility index (Phi) is 7.76. The van der Waals surface area contributed by atoms with E-state index in [1.807, 2.05) is 10.7 Å². The second-order valence-corrected chi connectivity index (χ2v) is 11.1. The van der Waals surface area contributed by atoms with Gasteiger partial charge in [0, 0.05) is 45.5 Å². The number of rotatable bonds is 5. The van der Waals surface area contributed by atoms with Crippen LogP contribution in [0.1, 0.15) is 74.3 Å². The van der Waals surface area contributed by atoms with Crippen LogP contribution in [0.15, 0.2) is 36.5 Å². The standard InChI is InChI=1S/C29H42N4O2/c1-2-17-33-26(12-16-30-33)28(34)32-18-14-29(15-19-32)13-6-5-8-25-7-3-4-9-27(25)35-21-20-31(23-29)22-24-10-11-24/h3-4,7,9,12,16,24H,2,5-6,8,10-11,13-15,17-23H2,1H3. The van der Waals surface area contributed by atoms with Crippen molar-refractivity contribution in [3.8, 4) is 5.75 Å². The second-order valence-electron chi connectivity index (χ2n) is 11.1. The fraction of sp³-hybridized carbons (Fsp3) is 0.655. The number of amides is 1. The molecule has 0 N–H and O–H groups in total. The lowest BCUT2D eigenvalue weighted by Gasteiger charge is -2.45. The molecule has 2 fully saturated rings. The van der Waals surface area contributed by atoms with Crippen molar-refractivity contribution in [3.63, 3.8) is 0 Å². The molecular weight excluding hydrogens is 436 g/mol. The highest BCUT2D eigenvalue weighted by atomic mass is 16.5.